The Morgan fingerprint density at radius 3 is 2.72 bits per heavy atom. The number of aromatic nitrogens is 2. The predicted octanol–water partition coefficient (Wildman–Crippen LogP) is -1.71. The highest BCUT2D eigenvalue weighted by molar-refractivity contribution is 8.00. The van der Waals surface area contributed by atoms with Crippen molar-refractivity contribution in [3.63, 3.8) is 0 Å². The monoisotopic (exact) mass is 277 g/mol. The molecule has 0 amide bonds. The Balaban J connectivity index is 2.39. The van der Waals surface area contributed by atoms with Gasteiger partial charge in [-0.15, -0.1) is 11.8 Å². The molecule has 0 bridgehead atoms. The normalized spacial score (nSPS) is 31.8. The van der Waals surface area contributed by atoms with Crippen LogP contribution in [0, 0.1) is 5.82 Å². The minimum Gasteiger partial charge on any atom is -0.395 e. The Morgan fingerprint density at radius 1 is 1.50 bits per heavy atom. The fraction of sp³-hybridized carbons (Fsp3) is 0.556. The zero-order chi connectivity index (χ0) is 13.4. The third kappa shape index (κ3) is 2.09. The number of nitrogens with zero attached hydrogens (tertiary/aromatic N) is 2. The van der Waals surface area contributed by atoms with E-state index < -0.39 is 40.2 Å². The van der Waals surface area contributed by atoms with Crippen LogP contribution in [0.15, 0.2) is 11.0 Å². The molecule has 0 spiro atoms. The van der Waals surface area contributed by atoms with Crippen molar-refractivity contribution in [2.75, 3.05) is 12.3 Å². The fourth-order valence-corrected chi connectivity index (χ4v) is 3.12. The van der Waals surface area contributed by atoms with Gasteiger partial charge in [0.25, 0.3) is 0 Å². The van der Waals surface area contributed by atoms with E-state index in [9.17, 15) is 19.4 Å². The van der Waals surface area contributed by atoms with Gasteiger partial charge in [-0.1, -0.05) is 0 Å². The molecular formula is C9H12FN3O4S. The molecule has 0 aromatic carbocycles. The lowest BCUT2D eigenvalue weighted by molar-refractivity contribution is 0.0100. The molecule has 1 aliphatic rings. The topological polar surface area (TPSA) is 122 Å². The maximum Gasteiger partial charge on any atom is 0.350 e. The molecule has 0 radical (unpaired) electrons. The summed E-state index contributed by atoms with van der Waals surface area (Å²) in [5, 5.41) is 26.8. The molecule has 1 aromatic heterocycles. The highest BCUT2D eigenvalue weighted by atomic mass is 32.2. The molecule has 1 fully saturated rings. The molecule has 0 aliphatic carbocycles. The highest BCUT2D eigenvalue weighted by Crippen LogP contribution is 2.40. The number of nitrogens with two attached hydrogens (primary N) is 1. The van der Waals surface area contributed by atoms with Crippen LogP contribution in [-0.4, -0.2) is 48.9 Å². The summed E-state index contributed by atoms with van der Waals surface area (Å²) in [5.74, 6) is -1.41. The first-order valence-corrected chi connectivity index (χ1v) is 6.06. The van der Waals surface area contributed by atoms with E-state index in [2.05, 4.69) is 4.98 Å². The zero-order valence-electron chi connectivity index (χ0n) is 9.10. The van der Waals surface area contributed by atoms with Gasteiger partial charge in [-0.25, -0.2) is 9.18 Å². The standard InChI is InChI=1S/C9H12FN3O4S/c10-3-1-13(9(17)12-7(3)11)8-6(16)5(15)4(2-14)18-8/h1,4-6,8,14-16H,2H2,(H2,11,12,17)/t4-,5+,6?,8-/m1/s1. The van der Waals surface area contributed by atoms with E-state index in [-0.39, 0.29) is 6.61 Å². The summed E-state index contributed by atoms with van der Waals surface area (Å²) < 4.78 is 14.1. The summed E-state index contributed by atoms with van der Waals surface area (Å²) in [6.07, 6.45) is -1.66. The van der Waals surface area contributed by atoms with E-state index in [1.807, 2.05) is 0 Å². The van der Waals surface area contributed by atoms with Gasteiger partial charge in [0.15, 0.2) is 11.6 Å². The largest absolute Gasteiger partial charge is 0.395 e. The molecule has 9 heteroatoms. The van der Waals surface area contributed by atoms with Gasteiger partial charge in [0, 0.05) is 6.20 Å². The Morgan fingerprint density at radius 2 is 2.17 bits per heavy atom. The van der Waals surface area contributed by atoms with Crippen molar-refractivity contribution in [2.24, 2.45) is 0 Å². The van der Waals surface area contributed by atoms with Crippen molar-refractivity contribution >= 4 is 17.6 Å². The molecule has 1 aliphatic heterocycles. The van der Waals surface area contributed by atoms with Crippen molar-refractivity contribution in [1.29, 1.82) is 0 Å². The van der Waals surface area contributed by atoms with Crippen LogP contribution in [0.5, 0.6) is 0 Å². The molecule has 18 heavy (non-hydrogen) atoms. The summed E-state index contributed by atoms with van der Waals surface area (Å²) in [4.78, 5) is 14.8. The molecule has 2 rings (SSSR count). The van der Waals surface area contributed by atoms with Gasteiger partial charge in [-0.2, -0.15) is 4.98 Å². The van der Waals surface area contributed by atoms with E-state index in [4.69, 9.17) is 10.8 Å². The van der Waals surface area contributed by atoms with Gasteiger partial charge >= 0.3 is 5.69 Å². The summed E-state index contributed by atoms with van der Waals surface area (Å²) in [6.45, 7) is -0.362. The minimum atomic E-state index is -1.30. The Labute approximate surface area is 105 Å². The Hall–Kier alpha value is -1.16. The highest BCUT2D eigenvalue weighted by Gasteiger charge is 2.43. The lowest BCUT2D eigenvalue weighted by atomic mass is 10.1. The van der Waals surface area contributed by atoms with Crippen molar-refractivity contribution in [3.8, 4) is 0 Å². The maximum absolute atomic E-state index is 13.3. The van der Waals surface area contributed by atoms with E-state index in [1.165, 1.54) is 0 Å². The van der Waals surface area contributed by atoms with Crippen LogP contribution in [0.3, 0.4) is 0 Å². The van der Waals surface area contributed by atoms with Gasteiger partial charge in [-0.05, 0) is 0 Å². The molecule has 1 unspecified atom stereocenters. The predicted molar refractivity (Wildman–Crippen MR) is 62.4 cm³/mol. The molecule has 1 saturated heterocycles. The molecular weight excluding hydrogens is 265 g/mol. The minimum absolute atomic E-state index is 0.362. The first-order valence-electron chi connectivity index (χ1n) is 5.12. The number of halogens is 1. The number of aliphatic hydroxyl groups excluding tert-OH is 3. The average molecular weight is 277 g/mol. The van der Waals surface area contributed by atoms with E-state index >= 15 is 0 Å². The van der Waals surface area contributed by atoms with Crippen LogP contribution < -0.4 is 11.4 Å². The summed E-state index contributed by atoms with van der Waals surface area (Å²) >= 11 is 0.974. The second-order valence-corrected chi connectivity index (χ2v) is 5.25. The molecule has 100 valence electrons. The van der Waals surface area contributed by atoms with E-state index in [0.717, 1.165) is 22.5 Å². The van der Waals surface area contributed by atoms with Crippen LogP contribution in [0.2, 0.25) is 0 Å². The van der Waals surface area contributed by atoms with Crippen molar-refractivity contribution in [3.05, 3.63) is 22.5 Å². The third-order valence-electron chi connectivity index (χ3n) is 2.73. The molecule has 4 atom stereocenters. The molecule has 7 nitrogen and oxygen atoms in total. The van der Waals surface area contributed by atoms with Crippen LogP contribution in [0.4, 0.5) is 10.2 Å². The fourth-order valence-electron chi connectivity index (χ4n) is 1.75. The average Bonchev–Trinajstić information content (AvgIpc) is 2.61. The van der Waals surface area contributed by atoms with Gasteiger partial charge in [0.2, 0.25) is 0 Å². The first-order chi connectivity index (χ1) is 8.45. The van der Waals surface area contributed by atoms with Crippen molar-refractivity contribution in [1.82, 2.24) is 9.55 Å². The number of anilines is 1. The SMILES string of the molecule is Nc1nc(=O)n([C@@H]2S[C@H](CO)[C@H](O)C2O)cc1F. The Kier molecular flexibility index (Phi) is 3.57. The van der Waals surface area contributed by atoms with Crippen molar-refractivity contribution < 1.29 is 19.7 Å². The molecule has 2 heterocycles. The van der Waals surface area contributed by atoms with Gasteiger partial charge in [-0.3, -0.25) is 4.57 Å². The number of aliphatic hydroxyl groups is 3. The number of nitrogen functional groups attached to an aromatic ring is 1. The lowest BCUT2D eigenvalue weighted by Crippen LogP contribution is -2.36. The molecule has 1 aromatic rings. The number of thioether (sulfide) groups is 1. The van der Waals surface area contributed by atoms with Gasteiger partial charge in [0.1, 0.15) is 11.5 Å². The van der Waals surface area contributed by atoms with Gasteiger partial charge in [0.05, 0.1) is 18.0 Å². The maximum atomic E-state index is 13.3. The van der Waals surface area contributed by atoms with E-state index in [1.54, 1.807) is 0 Å². The summed E-state index contributed by atoms with van der Waals surface area (Å²) in [7, 11) is 0. The van der Waals surface area contributed by atoms with Crippen LogP contribution >= 0.6 is 11.8 Å². The third-order valence-corrected chi connectivity index (χ3v) is 4.29. The second-order valence-electron chi connectivity index (χ2n) is 3.89. The van der Waals surface area contributed by atoms with Crippen molar-refractivity contribution in [2.45, 2.75) is 22.8 Å². The summed E-state index contributed by atoms with van der Waals surface area (Å²) in [5.41, 5.74) is 4.32. The second kappa shape index (κ2) is 4.84. The van der Waals surface area contributed by atoms with Crippen LogP contribution in [-0.2, 0) is 0 Å². The van der Waals surface area contributed by atoms with E-state index in [0.29, 0.717) is 0 Å². The number of hydrogen-bond acceptors (Lipinski definition) is 7. The smallest absolute Gasteiger partial charge is 0.350 e. The van der Waals surface area contributed by atoms with Crippen LogP contribution in [0.1, 0.15) is 5.37 Å². The molecule has 0 saturated carbocycles. The number of rotatable bonds is 2. The Bertz CT molecular complexity index is 511. The number of hydrogen-bond donors (Lipinski definition) is 4. The van der Waals surface area contributed by atoms with Crippen LogP contribution in [0.25, 0.3) is 0 Å². The van der Waals surface area contributed by atoms with Gasteiger partial charge < -0.3 is 21.1 Å². The molecule has 5 N–H and O–H groups in total. The summed E-state index contributed by atoms with van der Waals surface area (Å²) in [6, 6.07) is 0. The lowest BCUT2D eigenvalue weighted by Gasteiger charge is -2.17. The zero-order valence-corrected chi connectivity index (χ0v) is 9.92. The first kappa shape index (κ1) is 13.3. The quantitative estimate of drug-likeness (QED) is 0.508.